The Bertz CT molecular complexity index is 1010. The number of benzene rings is 1. The van der Waals surface area contributed by atoms with E-state index in [2.05, 4.69) is 37.8 Å². The number of hydrogen-bond acceptors (Lipinski definition) is 4. The monoisotopic (exact) mass is 394 g/mol. The minimum atomic E-state index is -0.00973. The zero-order valence-electron chi connectivity index (χ0n) is 15.6. The van der Waals surface area contributed by atoms with Crippen LogP contribution in [0.4, 0.5) is 11.6 Å². The number of rotatable bonds is 6. The van der Waals surface area contributed by atoms with E-state index in [1.165, 1.54) is 0 Å². The molecule has 0 radical (unpaired) electrons. The Morgan fingerprint density at radius 3 is 2.68 bits per heavy atom. The molecule has 0 spiro atoms. The molecule has 3 aromatic rings. The number of carbonyl (C=O) groups excluding carboxylic acids is 1. The van der Waals surface area contributed by atoms with Crippen molar-refractivity contribution in [3.05, 3.63) is 36.5 Å². The molecule has 0 unspecified atom stereocenters. The molecule has 2 heterocycles. The number of H-pyrrole nitrogens is 1. The first kappa shape index (κ1) is 18.4. The van der Waals surface area contributed by atoms with Crippen LogP contribution in [0.1, 0.15) is 26.2 Å². The Morgan fingerprint density at radius 1 is 1.18 bits per heavy atom. The van der Waals surface area contributed by atoms with Crippen LogP contribution in [-0.2, 0) is 4.79 Å². The molecule has 2 aromatic heterocycles. The smallest absolute Gasteiger partial charge is 0.232 e. The second-order valence-corrected chi connectivity index (χ2v) is 7.27. The van der Waals surface area contributed by atoms with Gasteiger partial charge in [0, 0.05) is 35.3 Å². The van der Waals surface area contributed by atoms with E-state index < -0.39 is 0 Å². The van der Waals surface area contributed by atoms with Crippen molar-refractivity contribution < 1.29 is 4.79 Å². The normalized spacial score (nSPS) is 13.3. The minimum Gasteiger partial charge on any atom is -0.362 e. The first-order valence-corrected chi connectivity index (χ1v) is 9.86. The predicted octanol–water partition coefficient (Wildman–Crippen LogP) is 3.67. The van der Waals surface area contributed by atoms with Crippen molar-refractivity contribution in [1.82, 2.24) is 20.3 Å². The molecule has 144 valence electrons. The van der Waals surface area contributed by atoms with Gasteiger partial charge in [-0.2, -0.15) is 4.98 Å². The van der Waals surface area contributed by atoms with Gasteiger partial charge in [-0.3, -0.25) is 10.1 Å². The highest BCUT2D eigenvalue weighted by Gasteiger charge is 2.30. The molecule has 7 nitrogen and oxygen atoms in total. The maximum atomic E-state index is 12.1. The molecule has 1 aromatic carbocycles. The average molecular weight is 395 g/mol. The van der Waals surface area contributed by atoms with Crippen LogP contribution in [0.3, 0.4) is 0 Å². The van der Waals surface area contributed by atoms with Gasteiger partial charge in [-0.1, -0.05) is 19.1 Å². The highest BCUT2D eigenvalue weighted by Crippen LogP contribution is 2.31. The van der Waals surface area contributed by atoms with Crippen LogP contribution < -0.4 is 16.0 Å². The lowest BCUT2D eigenvalue weighted by molar-refractivity contribution is -0.117. The molecule has 28 heavy (non-hydrogen) atoms. The molecule has 0 atom stereocenters. The van der Waals surface area contributed by atoms with Crippen LogP contribution in [0.15, 0.2) is 36.5 Å². The molecule has 1 amide bonds. The second-order valence-electron chi connectivity index (χ2n) is 6.86. The van der Waals surface area contributed by atoms with Gasteiger partial charge in [0.25, 0.3) is 0 Å². The van der Waals surface area contributed by atoms with E-state index in [9.17, 15) is 4.79 Å². The van der Waals surface area contributed by atoms with Crippen molar-refractivity contribution in [3.63, 3.8) is 0 Å². The number of nitrogens with zero attached hydrogens (tertiary/aromatic N) is 2. The van der Waals surface area contributed by atoms with Crippen molar-refractivity contribution in [2.45, 2.75) is 26.2 Å². The molecule has 8 heteroatoms. The molecule has 0 saturated heterocycles. The highest BCUT2D eigenvalue weighted by atomic mass is 32.1. The topological polar surface area (TPSA) is 94.7 Å². The number of aromatic amines is 1. The van der Waals surface area contributed by atoms with Gasteiger partial charge in [0.2, 0.25) is 11.9 Å². The van der Waals surface area contributed by atoms with E-state index >= 15 is 0 Å². The third kappa shape index (κ3) is 4.12. The molecule has 0 bridgehead atoms. The number of amides is 1. The third-order valence-electron chi connectivity index (χ3n) is 4.55. The molecule has 4 rings (SSSR count). The van der Waals surface area contributed by atoms with Crippen molar-refractivity contribution in [1.29, 1.82) is 0 Å². The summed E-state index contributed by atoms with van der Waals surface area (Å²) in [4.78, 5) is 24.2. The Labute approximate surface area is 168 Å². The van der Waals surface area contributed by atoms with Gasteiger partial charge in [0.05, 0.1) is 5.69 Å². The first-order chi connectivity index (χ1) is 13.6. The quantitative estimate of drug-likeness (QED) is 0.477. The fourth-order valence-corrected chi connectivity index (χ4v) is 3.12. The van der Waals surface area contributed by atoms with Crippen LogP contribution >= 0.6 is 12.2 Å². The summed E-state index contributed by atoms with van der Waals surface area (Å²) in [5.74, 6) is 0.417. The number of aromatic nitrogens is 3. The summed E-state index contributed by atoms with van der Waals surface area (Å²) < 4.78 is 0. The lowest BCUT2D eigenvalue weighted by Gasteiger charge is -2.11. The Hall–Kier alpha value is -3.00. The maximum Gasteiger partial charge on any atom is 0.232 e. The number of hydrogen-bond donors (Lipinski definition) is 4. The number of nitrogens with one attached hydrogen (secondary N) is 4. The summed E-state index contributed by atoms with van der Waals surface area (Å²) in [7, 11) is 0. The van der Waals surface area contributed by atoms with Gasteiger partial charge in [0.1, 0.15) is 5.65 Å². The summed E-state index contributed by atoms with van der Waals surface area (Å²) >= 11 is 5.28. The van der Waals surface area contributed by atoms with E-state index in [4.69, 9.17) is 12.2 Å². The molecule has 4 N–H and O–H groups in total. The van der Waals surface area contributed by atoms with Crippen LogP contribution in [0.2, 0.25) is 0 Å². The molecule has 1 saturated carbocycles. The summed E-state index contributed by atoms with van der Waals surface area (Å²) in [5, 5.41) is 10.7. The zero-order chi connectivity index (χ0) is 19.5. The largest absolute Gasteiger partial charge is 0.362 e. The van der Waals surface area contributed by atoms with Crippen LogP contribution in [0.25, 0.3) is 22.3 Å². The molecule has 1 aliphatic carbocycles. The van der Waals surface area contributed by atoms with Crippen LogP contribution in [-0.4, -0.2) is 32.5 Å². The summed E-state index contributed by atoms with van der Waals surface area (Å²) in [6.45, 7) is 2.93. The molecule has 1 aliphatic rings. The second kappa shape index (κ2) is 7.93. The zero-order valence-corrected chi connectivity index (χ0v) is 16.4. The SMILES string of the molecule is CCCNC(=S)Nc1ccc(-c2nc(NC(=O)C3CC3)nc3[nH]ccc23)cc1. The number of carbonyl (C=O) groups is 1. The number of fused-ring (bicyclic) bond motifs is 1. The van der Waals surface area contributed by atoms with Crippen molar-refractivity contribution in [3.8, 4) is 11.3 Å². The fourth-order valence-electron chi connectivity index (χ4n) is 2.90. The lowest BCUT2D eigenvalue weighted by atomic mass is 10.1. The molecular formula is C20H22N6OS. The van der Waals surface area contributed by atoms with Crippen LogP contribution in [0, 0.1) is 5.92 Å². The third-order valence-corrected chi connectivity index (χ3v) is 4.80. The standard InChI is InChI=1S/C20H22N6OS/c1-2-10-22-20(28)23-14-7-5-12(6-8-14)16-15-9-11-21-17(15)25-19(24-16)26-18(27)13-3-4-13/h5-9,11,13H,2-4,10H2,1H3,(H2,22,23,28)(H2,21,24,25,26,27). The lowest BCUT2D eigenvalue weighted by Crippen LogP contribution is -2.28. The van der Waals surface area contributed by atoms with Gasteiger partial charge >= 0.3 is 0 Å². The van der Waals surface area contributed by atoms with Crippen molar-refractivity contribution in [2.24, 2.45) is 5.92 Å². The Morgan fingerprint density at radius 2 is 1.96 bits per heavy atom. The molecular weight excluding hydrogens is 372 g/mol. The Balaban J connectivity index is 1.58. The summed E-state index contributed by atoms with van der Waals surface area (Å²) in [5.41, 5.74) is 3.31. The summed E-state index contributed by atoms with van der Waals surface area (Å²) in [6.07, 6.45) is 4.71. The van der Waals surface area contributed by atoms with Gasteiger partial charge in [-0.15, -0.1) is 0 Å². The summed E-state index contributed by atoms with van der Waals surface area (Å²) in [6, 6.07) is 9.81. The molecule has 0 aliphatic heterocycles. The van der Waals surface area contributed by atoms with Gasteiger partial charge in [-0.25, -0.2) is 4.98 Å². The number of thiocarbonyl (C=S) groups is 1. The fraction of sp³-hybridized carbons (Fsp3) is 0.300. The van der Waals surface area contributed by atoms with Gasteiger partial charge in [0.15, 0.2) is 5.11 Å². The van der Waals surface area contributed by atoms with E-state index in [1.807, 2.05) is 36.5 Å². The Kier molecular flexibility index (Phi) is 5.21. The van der Waals surface area contributed by atoms with Gasteiger partial charge in [-0.05, 0) is 49.7 Å². The van der Waals surface area contributed by atoms with Crippen molar-refractivity contribution >= 4 is 45.9 Å². The average Bonchev–Trinajstić information content (AvgIpc) is 3.45. The van der Waals surface area contributed by atoms with E-state index in [-0.39, 0.29) is 11.8 Å². The van der Waals surface area contributed by atoms with Gasteiger partial charge < -0.3 is 15.6 Å². The van der Waals surface area contributed by atoms with Crippen LogP contribution in [0.5, 0.6) is 0 Å². The van der Waals surface area contributed by atoms with E-state index in [0.29, 0.717) is 16.7 Å². The molecule has 1 fully saturated rings. The van der Waals surface area contributed by atoms with E-state index in [0.717, 1.165) is 48.1 Å². The maximum absolute atomic E-state index is 12.1. The highest BCUT2D eigenvalue weighted by molar-refractivity contribution is 7.80. The minimum absolute atomic E-state index is 0.00973. The first-order valence-electron chi connectivity index (χ1n) is 9.45. The van der Waals surface area contributed by atoms with Crippen molar-refractivity contribution in [2.75, 3.05) is 17.2 Å². The number of anilines is 2. The van der Waals surface area contributed by atoms with E-state index in [1.54, 1.807) is 0 Å². The predicted molar refractivity (Wildman–Crippen MR) is 115 cm³/mol.